The summed E-state index contributed by atoms with van der Waals surface area (Å²) in [5, 5.41) is 10.3. The third-order valence-corrected chi connectivity index (χ3v) is 7.07. The first-order valence-corrected chi connectivity index (χ1v) is 11.8. The Kier molecular flexibility index (Phi) is 7.28. The molecule has 1 saturated carbocycles. The van der Waals surface area contributed by atoms with Crippen molar-refractivity contribution in [3.63, 3.8) is 0 Å². The molecule has 5 nitrogen and oxygen atoms in total. The molecule has 1 aliphatic carbocycles. The molecule has 2 aliphatic rings. The number of amides is 1. The predicted molar refractivity (Wildman–Crippen MR) is 123 cm³/mol. The fraction of sp³-hybridized carbons (Fsp3) is 0.458. The fourth-order valence-corrected chi connectivity index (χ4v) is 4.65. The first-order chi connectivity index (χ1) is 14.6. The molecule has 2 fully saturated rings. The van der Waals surface area contributed by atoms with Crippen LogP contribution >= 0.6 is 22.6 Å². The molecule has 1 heterocycles. The summed E-state index contributed by atoms with van der Waals surface area (Å²) in [6.07, 6.45) is 2.58. The molecule has 1 amide bonds. The Morgan fingerprint density at radius 1 is 1.03 bits per heavy atom. The average Bonchev–Trinajstić information content (AvgIpc) is 3.60. The standard InChI is InChI=1S/C24H28INO4/c25-20-13-14-21(30-23(20)27)22(19-11-12-19)26(15-17-7-3-1-4-8-17)24(28)29-16-18-9-5-2-6-10-18/h1-10,19-23,27H,11-16H2/t20?,21-,22-,23?/m0/s1. The van der Waals surface area contributed by atoms with Gasteiger partial charge in [-0.15, -0.1) is 0 Å². The Morgan fingerprint density at radius 3 is 2.27 bits per heavy atom. The quantitative estimate of drug-likeness (QED) is 0.416. The number of halogens is 1. The van der Waals surface area contributed by atoms with Crippen LogP contribution in [0.4, 0.5) is 4.79 Å². The summed E-state index contributed by atoms with van der Waals surface area (Å²) >= 11 is 2.24. The molecule has 4 atom stereocenters. The molecule has 4 rings (SSSR count). The Hall–Kier alpha value is -1.64. The molecule has 1 N–H and O–H groups in total. The zero-order valence-corrected chi connectivity index (χ0v) is 19.1. The molecule has 2 unspecified atom stereocenters. The van der Waals surface area contributed by atoms with Crippen molar-refractivity contribution < 1.29 is 19.4 Å². The minimum Gasteiger partial charge on any atom is -0.445 e. The predicted octanol–water partition coefficient (Wildman–Crippen LogP) is 4.91. The van der Waals surface area contributed by atoms with Crippen LogP contribution in [-0.2, 0) is 22.6 Å². The number of hydrogen-bond donors (Lipinski definition) is 1. The minimum absolute atomic E-state index is 0.0892. The Balaban J connectivity index is 1.54. The molecule has 0 aromatic heterocycles. The third kappa shape index (κ3) is 5.53. The summed E-state index contributed by atoms with van der Waals surface area (Å²) in [7, 11) is 0. The zero-order valence-electron chi connectivity index (χ0n) is 16.9. The third-order valence-electron chi connectivity index (χ3n) is 5.83. The first-order valence-electron chi connectivity index (χ1n) is 10.6. The fourth-order valence-electron chi connectivity index (χ4n) is 4.12. The maximum atomic E-state index is 13.3. The van der Waals surface area contributed by atoms with E-state index < -0.39 is 6.29 Å². The van der Waals surface area contributed by atoms with E-state index >= 15 is 0 Å². The van der Waals surface area contributed by atoms with Crippen LogP contribution < -0.4 is 0 Å². The lowest BCUT2D eigenvalue weighted by molar-refractivity contribution is -0.175. The maximum Gasteiger partial charge on any atom is 0.410 e. The highest BCUT2D eigenvalue weighted by Gasteiger charge is 2.46. The van der Waals surface area contributed by atoms with Gasteiger partial charge in [-0.25, -0.2) is 4.79 Å². The van der Waals surface area contributed by atoms with E-state index in [9.17, 15) is 9.90 Å². The van der Waals surface area contributed by atoms with Crippen LogP contribution in [0.25, 0.3) is 0 Å². The Morgan fingerprint density at radius 2 is 1.67 bits per heavy atom. The molecule has 160 valence electrons. The lowest BCUT2D eigenvalue weighted by Crippen LogP contribution is -2.52. The first kappa shape index (κ1) is 21.6. The number of carbonyl (C=O) groups is 1. The minimum atomic E-state index is -0.787. The van der Waals surface area contributed by atoms with Gasteiger partial charge in [0.25, 0.3) is 0 Å². The highest BCUT2D eigenvalue weighted by atomic mass is 127. The molecule has 6 heteroatoms. The molecule has 0 radical (unpaired) electrons. The lowest BCUT2D eigenvalue weighted by Gasteiger charge is -2.40. The highest BCUT2D eigenvalue weighted by molar-refractivity contribution is 14.1. The number of alkyl halides is 1. The Labute approximate surface area is 191 Å². The van der Waals surface area contributed by atoms with E-state index in [0.29, 0.717) is 12.5 Å². The lowest BCUT2D eigenvalue weighted by atomic mass is 9.96. The van der Waals surface area contributed by atoms with Crippen molar-refractivity contribution in [3.05, 3.63) is 71.8 Å². The summed E-state index contributed by atoms with van der Waals surface area (Å²) in [6.45, 7) is 0.714. The van der Waals surface area contributed by atoms with Gasteiger partial charge in [-0.05, 0) is 42.7 Å². The molecule has 0 bridgehead atoms. The second-order valence-electron chi connectivity index (χ2n) is 8.14. The monoisotopic (exact) mass is 521 g/mol. The van der Waals surface area contributed by atoms with Gasteiger partial charge in [-0.2, -0.15) is 0 Å². The van der Waals surface area contributed by atoms with E-state index in [1.165, 1.54) is 0 Å². The Bertz CT molecular complexity index is 814. The van der Waals surface area contributed by atoms with Crippen molar-refractivity contribution in [2.45, 2.75) is 61.2 Å². The summed E-state index contributed by atoms with van der Waals surface area (Å²) in [5.74, 6) is 0.390. The SMILES string of the molecule is O=C(OCc1ccccc1)N(Cc1ccccc1)[C@@H](C1CC1)[C@@H]1CCC(I)C(O)O1. The molecule has 30 heavy (non-hydrogen) atoms. The van der Waals surface area contributed by atoms with Gasteiger partial charge in [-0.1, -0.05) is 83.3 Å². The van der Waals surface area contributed by atoms with Crippen molar-refractivity contribution >= 4 is 28.7 Å². The highest BCUT2D eigenvalue weighted by Crippen LogP contribution is 2.41. The number of ether oxygens (including phenoxy) is 2. The van der Waals surface area contributed by atoms with Crippen LogP contribution in [0.5, 0.6) is 0 Å². The molecule has 1 saturated heterocycles. The van der Waals surface area contributed by atoms with E-state index in [4.69, 9.17) is 9.47 Å². The van der Waals surface area contributed by atoms with Gasteiger partial charge in [0.05, 0.1) is 16.1 Å². The molecular weight excluding hydrogens is 493 g/mol. The van der Waals surface area contributed by atoms with Crippen LogP contribution in [0, 0.1) is 5.92 Å². The molecule has 2 aromatic carbocycles. The molecule has 2 aromatic rings. The maximum absolute atomic E-state index is 13.3. The van der Waals surface area contributed by atoms with Crippen molar-refractivity contribution in [3.8, 4) is 0 Å². The second-order valence-corrected chi connectivity index (χ2v) is 9.74. The zero-order chi connectivity index (χ0) is 20.9. The van der Waals surface area contributed by atoms with Crippen LogP contribution in [-0.4, -0.2) is 38.5 Å². The molecular formula is C24H28INO4. The number of aliphatic hydroxyl groups excluding tert-OH is 1. The number of hydrogen-bond acceptors (Lipinski definition) is 4. The molecule has 1 aliphatic heterocycles. The number of nitrogens with zero attached hydrogens (tertiary/aromatic N) is 1. The topological polar surface area (TPSA) is 59.0 Å². The van der Waals surface area contributed by atoms with Gasteiger partial charge in [0.15, 0.2) is 6.29 Å². The van der Waals surface area contributed by atoms with Crippen LogP contribution in [0.1, 0.15) is 36.8 Å². The van der Waals surface area contributed by atoms with Crippen molar-refractivity contribution in [1.29, 1.82) is 0 Å². The number of carbonyl (C=O) groups excluding carboxylic acids is 1. The van der Waals surface area contributed by atoms with Crippen molar-refractivity contribution in [2.24, 2.45) is 5.92 Å². The van der Waals surface area contributed by atoms with Crippen LogP contribution in [0.15, 0.2) is 60.7 Å². The van der Waals surface area contributed by atoms with E-state index in [1.54, 1.807) is 0 Å². The number of benzene rings is 2. The van der Waals surface area contributed by atoms with Gasteiger partial charge in [0.2, 0.25) is 0 Å². The van der Waals surface area contributed by atoms with Gasteiger partial charge in [0.1, 0.15) is 6.61 Å². The average molecular weight is 521 g/mol. The van der Waals surface area contributed by atoms with E-state index in [0.717, 1.165) is 36.8 Å². The van der Waals surface area contributed by atoms with Crippen molar-refractivity contribution in [2.75, 3.05) is 0 Å². The summed E-state index contributed by atoms with van der Waals surface area (Å²) < 4.78 is 11.8. The van der Waals surface area contributed by atoms with E-state index in [2.05, 4.69) is 22.6 Å². The van der Waals surface area contributed by atoms with Crippen molar-refractivity contribution in [1.82, 2.24) is 4.90 Å². The normalized spacial score (nSPS) is 24.8. The second kappa shape index (κ2) is 10.1. The van der Waals surface area contributed by atoms with Crippen LogP contribution in [0.2, 0.25) is 0 Å². The van der Waals surface area contributed by atoms with Gasteiger partial charge >= 0.3 is 6.09 Å². The summed E-state index contributed by atoms with van der Waals surface area (Å²) in [6, 6.07) is 19.6. The smallest absolute Gasteiger partial charge is 0.410 e. The van der Waals surface area contributed by atoms with E-state index in [1.807, 2.05) is 65.6 Å². The number of rotatable bonds is 7. The van der Waals surface area contributed by atoms with Crippen LogP contribution in [0.3, 0.4) is 0 Å². The van der Waals surface area contributed by atoms with Gasteiger partial charge in [0, 0.05) is 6.54 Å². The van der Waals surface area contributed by atoms with Gasteiger partial charge < -0.3 is 14.6 Å². The summed E-state index contributed by atoms with van der Waals surface area (Å²) in [4.78, 5) is 15.1. The van der Waals surface area contributed by atoms with Gasteiger partial charge in [-0.3, -0.25) is 4.90 Å². The summed E-state index contributed by atoms with van der Waals surface area (Å²) in [5.41, 5.74) is 2.02. The number of aliphatic hydroxyl groups is 1. The largest absolute Gasteiger partial charge is 0.445 e. The molecule has 0 spiro atoms. The van der Waals surface area contributed by atoms with E-state index in [-0.39, 0.29) is 28.8 Å².